The minimum Gasteiger partial charge on any atom is -0.481 e. The Kier molecular flexibility index (Phi) is 15.8. The molecule has 0 heterocycles. The van der Waals surface area contributed by atoms with Gasteiger partial charge < -0.3 is 14.7 Å². The van der Waals surface area contributed by atoms with E-state index < -0.39 is 23.8 Å². The standard InChI is InChI=1S/C25H47NO4/c1-5-6-7-8-9-10-11-12-13-14-15-16-17-18-19-20-23(27)25(30,21-24(28)29)22-26(2,3)4/h19-20,30H,5-18,21-22H2,1-4H3/p+1/t25-/m1/s1. The van der Waals surface area contributed by atoms with Crippen LogP contribution in [0.15, 0.2) is 12.2 Å². The number of ketones is 1. The summed E-state index contributed by atoms with van der Waals surface area (Å²) in [6.07, 6.45) is 20.3. The zero-order valence-electron chi connectivity index (χ0n) is 20.1. The maximum atomic E-state index is 12.4. The van der Waals surface area contributed by atoms with Crippen LogP contribution in [0.5, 0.6) is 0 Å². The second kappa shape index (κ2) is 16.5. The molecule has 0 saturated heterocycles. The van der Waals surface area contributed by atoms with E-state index in [9.17, 15) is 14.7 Å². The smallest absolute Gasteiger partial charge is 0.307 e. The molecule has 0 aliphatic rings. The topological polar surface area (TPSA) is 74.6 Å². The van der Waals surface area contributed by atoms with Crippen LogP contribution >= 0.6 is 0 Å². The lowest BCUT2D eigenvalue weighted by Gasteiger charge is -2.33. The van der Waals surface area contributed by atoms with Gasteiger partial charge in [-0.15, -0.1) is 0 Å². The molecule has 176 valence electrons. The van der Waals surface area contributed by atoms with Crippen LogP contribution in [0, 0.1) is 0 Å². The lowest BCUT2D eigenvalue weighted by atomic mass is 9.92. The summed E-state index contributed by atoms with van der Waals surface area (Å²) in [7, 11) is 5.49. The number of allylic oxidation sites excluding steroid dienone is 1. The Morgan fingerprint density at radius 1 is 0.800 bits per heavy atom. The number of likely N-dealkylation sites (N-methyl/N-ethyl adjacent to an activating group) is 1. The maximum absolute atomic E-state index is 12.4. The van der Waals surface area contributed by atoms with Crippen LogP contribution in [-0.4, -0.2) is 59.7 Å². The lowest BCUT2D eigenvalue weighted by Crippen LogP contribution is -2.54. The molecule has 0 unspecified atom stereocenters. The fourth-order valence-electron chi connectivity index (χ4n) is 3.88. The highest BCUT2D eigenvalue weighted by molar-refractivity contribution is 5.99. The van der Waals surface area contributed by atoms with Crippen molar-refractivity contribution in [2.24, 2.45) is 0 Å². The Morgan fingerprint density at radius 3 is 1.63 bits per heavy atom. The normalized spacial score (nSPS) is 14.2. The molecule has 5 nitrogen and oxygen atoms in total. The van der Waals surface area contributed by atoms with Crippen molar-refractivity contribution in [3.63, 3.8) is 0 Å². The number of quaternary nitrogens is 1. The molecule has 0 saturated carbocycles. The molecule has 0 radical (unpaired) electrons. The van der Waals surface area contributed by atoms with Gasteiger partial charge in [-0.25, -0.2) is 0 Å². The van der Waals surface area contributed by atoms with Gasteiger partial charge in [0.25, 0.3) is 0 Å². The van der Waals surface area contributed by atoms with E-state index in [4.69, 9.17) is 5.11 Å². The van der Waals surface area contributed by atoms with E-state index in [1.165, 1.54) is 76.7 Å². The number of hydrogen-bond acceptors (Lipinski definition) is 3. The van der Waals surface area contributed by atoms with Crippen LogP contribution < -0.4 is 0 Å². The van der Waals surface area contributed by atoms with Crippen molar-refractivity contribution in [1.82, 2.24) is 0 Å². The predicted molar refractivity (Wildman–Crippen MR) is 125 cm³/mol. The van der Waals surface area contributed by atoms with Crippen molar-refractivity contribution in [1.29, 1.82) is 0 Å². The number of carboxylic acids is 1. The third-order valence-corrected chi connectivity index (χ3v) is 5.38. The average Bonchev–Trinajstić information content (AvgIpc) is 2.62. The maximum Gasteiger partial charge on any atom is 0.307 e. The number of aliphatic hydroxyl groups is 1. The molecular weight excluding hydrogens is 378 g/mol. The predicted octanol–water partition coefficient (Wildman–Crippen LogP) is 5.51. The van der Waals surface area contributed by atoms with Crippen LogP contribution in [0.2, 0.25) is 0 Å². The number of unbranched alkanes of at least 4 members (excludes halogenated alkanes) is 13. The van der Waals surface area contributed by atoms with Gasteiger partial charge >= 0.3 is 5.97 Å². The number of aliphatic carboxylic acids is 1. The van der Waals surface area contributed by atoms with Crippen molar-refractivity contribution in [3.8, 4) is 0 Å². The van der Waals surface area contributed by atoms with Gasteiger partial charge in [-0.3, -0.25) is 9.59 Å². The average molecular weight is 427 g/mol. The van der Waals surface area contributed by atoms with Gasteiger partial charge in [0.05, 0.1) is 27.6 Å². The molecule has 0 aliphatic carbocycles. The second-order valence-electron chi connectivity index (χ2n) is 9.85. The summed E-state index contributed by atoms with van der Waals surface area (Å²) < 4.78 is 0.322. The van der Waals surface area contributed by atoms with E-state index in [2.05, 4.69) is 6.92 Å². The first-order chi connectivity index (χ1) is 14.1. The Bertz CT molecular complexity index is 496. The van der Waals surface area contributed by atoms with Gasteiger partial charge in [-0.05, 0) is 18.9 Å². The van der Waals surface area contributed by atoms with Crippen molar-refractivity contribution in [2.75, 3.05) is 27.7 Å². The van der Waals surface area contributed by atoms with E-state index in [1.807, 2.05) is 21.1 Å². The first-order valence-corrected chi connectivity index (χ1v) is 12.1. The van der Waals surface area contributed by atoms with Crippen LogP contribution in [0.4, 0.5) is 0 Å². The molecule has 5 heteroatoms. The summed E-state index contributed by atoms with van der Waals surface area (Å²) in [6, 6.07) is 0. The van der Waals surface area contributed by atoms with Crippen molar-refractivity contribution < 1.29 is 24.3 Å². The quantitative estimate of drug-likeness (QED) is 0.153. The number of carbonyl (C=O) groups excluding carboxylic acids is 1. The third kappa shape index (κ3) is 16.6. The number of hydrogen-bond donors (Lipinski definition) is 2. The fourth-order valence-corrected chi connectivity index (χ4v) is 3.88. The lowest BCUT2D eigenvalue weighted by molar-refractivity contribution is -0.875. The molecule has 0 aliphatic heterocycles. The molecule has 0 spiro atoms. The molecule has 0 aromatic carbocycles. The number of carbonyl (C=O) groups is 2. The van der Waals surface area contributed by atoms with E-state index in [0.717, 1.165) is 19.3 Å². The van der Waals surface area contributed by atoms with E-state index in [0.29, 0.717) is 4.48 Å². The number of rotatable bonds is 20. The zero-order chi connectivity index (χ0) is 22.9. The van der Waals surface area contributed by atoms with Gasteiger partial charge in [-0.1, -0.05) is 90.0 Å². The summed E-state index contributed by atoms with van der Waals surface area (Å²) in [4.78, 5) is 23.5. The first kappa shape index (κ1) is 28.8. The summed E-state index contributed by atoms with van der Waals surface area (Å²) >= 11 is 0. The molecule has 2 N–H and O–H groups in total. The van der Waals surface area contributed by atoms with Crippen LogP contribution in [0.1, 0.15) is 103 Å². The second-order valence-corrected chi connectivity index (χ2v) is 9.85. The summed E-state index contributed by atoms with van der Waals surface area (Å²) in [5, 5.41) is 19.7. The molecule has 1 atom stereocenters. The monoisotopic (exact) mass is 426 g/mol. The highest BCUT2D eigenvalue weighted by Crippen LogP contribution is 2.18. The Morgan fingerprint density at radius 2 is 1.23 bits per heavy atom. The van der Waals surface area contributed by atoms with Crippen LogP contribution in [-0.2, 0) is 9.59 Å². The minimum absolute atomic E-state index is 0.0706. The molecule has 0 bridgehead atoms. The molecule has 30 heavy (non-hydrogen) atoms. The minimum atomic E-state index is -1.85. The van der Waals surface area contributed by atoms with Gasteiger partial charge in [0.1, 0.15) is 6.54 Å². The van der Waals surface area contributed by atoms with Crippen molar-refractivity contribution in [3.05, 3.63) is 12.2 Å². The molecule has 0 amide bonds. The summed E-state index contributed by atoms with van der Waals surface area (Å²) in [5.41, 5.74) is -1.85. The van der Waals surface area contributed by atoms with Gasteiger partial charge in [-0.2, -0.15) is 0 Å². The Labute approximate surface area is 185 Å². The SMILES string of the molecule is CCCCCCCCCCCCCCCC=CC(=O)[C@@](O)(CC(=O)O)C[N+](C)(C)C. The van der Waals surface area contributed by atoms with Crippen molar-refractivity contribution >= 4 is 11.8 Å². The van der Waals surface area contributed by atoms with Crippen LogP contribution in [0.25, 0.3) is 0 Å². The molecule has 0 aromatic rings. The molecule has 0 fully saturated rings. The fraction of sp³-hybridized carbons (Fsp3) is 0.840. The van der Waals surface area contributed by atoms with E-state index in [1.54, 1.807) is 6.08 Å². The molecule has 0 rings (SSSR count). The molecule has 0 aromatic heterocycles. The van der Waals surface area contributed by atoms with Gasteiger partial charge in [0.2, 0.25) is 0 Å². The largest absolute Gasteiger partial charge is 0.481 e. The first-order valence-electron chi connectivity index (χ1n) is 12.1. The van der Waals surface area contributed by atoms with Crippen molar-refractivity contribution in [2.45, 2.75) is 109 Å². The number of carboxylic acid groups (broad SMARTS) is 1. The Hall–Kier alpha value is -1.20. The Balaban J connectivity index is 3.88. The van der Waals surface area contributed by atoms with Crippen LogP contribution in [0.3, 0.4) is 0 Å². The highest BCUT2D eigenvalue weighted by atomic mass is 16.4. The van der Waals surface area contributed by atoms with Gasteiger partial charge in [0, 0.05) is 0 Å². The summed E-state index contributed by atoms with van der Waals surface area (Å²) in [6.45, 7) is 2.33. The third-order valence-electron chi connectivity index (χ3n) is 5.38. The summed E-state index contributed by atoms with van der Waals surface area (Å²) in [5.74, 6) is -1.67. The van der Waals surface area contributed by atoms with Gasteiger partial charge in [0.15, 0.2) is 11.4 Å². The number of nitrogens with zero attached hydrogens (tertiary/aromatic N) is 1. The molecular formula is C25H48NO4+. The van der Waals surface area contributed by atoms with E-state index >= 15 is 0 Å². The van der Waals surface area contributed by atoms with E-state index in [-0.39, 0.29) is 6.54 Å². The highest BCUT2D eigenvalue weighted by Gasteiger charge is 2.41. The zero-order valence-corrected chi connectivity index (χ0v) is 20.1.